The smallest absolute Gasteiger partial charge is 0.475 e. The molecule has 0 fully saturated rings. The number of aromatic nitrogens is 2. The molecule has 2 aromatic heterocycles. The van der Waals surface area contributed by atoms with Crippen LogP contribution >= 0.6 is 23.1 Å². The van der Waals surface area contributed by atoms with E-state index in [1.807, 2.05) is 0 Å². The zero-order chi connectivity index (χ0) is 23.4. The summed E-state index contributed by atoms with van der Waals surface area (Å²) in [4.78, 5) is 16.8. The molecule has 3 aromatic rings. The lowest BCUT2D eigenvalue weighted by Crippen LogP contribution is -2.21. The largest absolute Gasteiger partial charge is 0.490 e. The summed E-state index contributed by atoms with van der Waals surface area (Å²) < 4.78 is 58.4. The molecule has 0 aliphatic heterocycles. The van der Waals surface area contributed by atoms with Crippen molar-refractivity contribution in [2.75, 3.05) is 6.26 Å². The Hall–Kier alpha value is -2.84. The van der Waals surface area contributed by atoms with E-state index in [1.165, 1.54) is 29.2 Å². The highest BCUT2D eigenvalue weighted by molar-refractivity contribution is 8.01. The molecular weight excluding hydrogens is 477 g/mol. The second-order valence-electron chi connectivity index (χ2n) is 5.65. The summed E-state index contributed by atoms with van der Waals surface area (Å²) in [6.07, 6.45) is 0.00867. The summed E-state index contributed by atoms with van der Waals surface area (Å²) in [5, 5.41) is 14.7. The van der Waals surface area contributed by atoms with Crippen LogP contribution in [0.2, 0.25) is 0 Å². The third-order valence-electron chi connectivity index (χ3n) is 3.56. The fourth-order valence-electron chi connectivity index (χ4n) is 2.18. The Bertz CT molecular complexity index is 1190. The standard InChI is InChI=1S/C15H14N4O2S3.C2HF3O2/c1-22-15-12(8-11(23-15)13(16)17)24(20,21)10-4-2-3-9(7-10)14-18-5-6-19-14;3-2(4,5)1(6)7/h2-8H,1H3,(H3,16,17)(H,18,19);(H,6,7). The van der Waals surface area contributed by atoms with Gasteiger partial charge in [-0.2, -0.15) is 13.2 Å². The molecule has 0 saturated carbocycles. The highest BCUT2D eigenvalue weighted by Crippen LogP contribution is 2.37. The second-order valence-corrected chi connectivity index (χ2v) is 9.70. The lowest BCUT2D eigenvalue weighted by atomic mass is 10.2. The first kappa shape index (κ1) is 24.4. The number of sulfone groups is 1. The Morgan fingerprint density at radius 3 is 2.45 bits per heavy atom. The van der Waals surface area contributed by atoms with Crippen LogP contribution in [-0.4, -0.2) is 47.7 Å². The average molecular weight is 493 g/mol. The average Bonchev–Trinajstić information content (AvgIpc) is 3.38. The quantitative estimate of drug-likeness (QED) is 0.241. The molecule has 0 spiro atoms. The van der Waals surface area contributed by atoms with E-state index in [0.29, 0.717) is 20.5 Å². The van der Waals surface area contributed by atoms with Gasteiger partial charge in [0.05, 0.1) is 18.9 Å². The van der Waals surface area contributed by atoms with Crippen molar-refractivity contribution in [1.82, 2.24) is 9.97 Å². The van der Waals surface area contributed by atoms with Crippen LogP contribution in [0.3, 0.4) is 0 Å². The number of carboxylic acids is 1. The van der Waals surface area contributed by atoms with Gasteiger partial charge in [0.2, 0.25) is 9.84 Å². The molecule has 0 amide bonds. The van der Waals surface area contributed by atoms with Gasteiger partial charge in [0.15, 0.2) is 0 Å². The molecular formula is C17H15F3N4O4S3. The first-order chi connectivity index (χ1) is 14.4. The number of nitrogen functional groups attached to an aromatic ring is 1. The molecule has 31 heavy (non-hydrogen) atoms. The van der Waals surface area contributed by atoms with Crippen LogP contribution in [0.25, 0.3) is 11.4 Å². The summed E-state index contributed by atoms with van der Waals surface area (Å²) >= 11 is 2.53. The maximum absolute atomic E-state index is 13.0. The first-order valence-corrected chi connectivity index (χ1v) is 11.6. The monoisotopic (exact) mass is 492 g/mol. The maximum atomic E-state index is 13.0. The number of nitrogens with zero attached hydrogens (tertiary/aromatic N) is 1. The van der Waals surface area contributed by atoms with E-state index in [4.69, 9.17) is 21.0 Å². The number of nitrogens with two attached hydrogens (primary N) is 1. The number of hydrogen-bond donors (Lipinski definition) is 4. The molecule has 0 atom stereocenters. The van der Waals surface area contributed by atoms with E-state index >= 15 is 0 Å². The fraction of sp³-hybridized carbons (Fsp3) is 0.118. The Kier molecular flexibility index (Phi) is 7.51. The van der Waals surface area contributed by atoms with Gasteiger partial charge >= 0.3 is 12.1 Å². The van der Waals surface area contributed by atoms with Crippen LogP contribution < -0.4 is 5.73 Å². The highest BCUT2D eigenvalue weighted by atomic mass is 32.2. The molecule has 0 aliphatic rings. The number of hydrogen-bond acceptors (Lipinski definition) is 7. The van der Waals surface area contributed by atoms with Crippen molar-refractivity contribution in [2.45, 2.75) is 20.2 Å². The molecule has 0 unspecified atom stereocenters. The van der Waals surface area contributed by atoms with Crippen molar-refractivity contribution in [1.29, 1.82) is 5.41 Å². The van der Waals surface area contributed by atoms with Gasteiger partial charge in [-0.3, -0.25) is 5.41 Å². The Morgan fingerprint density at radius 2 is 1.97 bits per heavy atom. The molecule has 3 rings (SSSR count). The normalized spacial score (nSPS) is 11.5. The van der Waals surface area contributed by atoms with Crippen molar-refractivity contribution in [3.8, 4) is 11.4 Å². The van der Waals surface area contributed by atoms with Crippen LogP contribution in [0.5, 0.6) is 0 Å². The fourth-order valence-corrected chi connectivity index (χ4v) is 6.08. The minimum Gasteiger partial charge on any atom is -0.475 e. The predicted molar refractivity (Wildman–Crippen MR) is 110 cm³/mol. The van der Waals surface area contributed by atoms with Crippen LogP contribution in [0, 0.1) is 5.41 Å². The number of carbonyl (C=O) groups is 1. The number of carboxylic acid groups (broad SMARTS) is 1. The van der Waals surface area contributed by atoms with E-state index in [1.54, 1.807) is 42.9 Å². The molecule has 5 N–H and O–H groups in total. The molecule has 166 valence electrons. The summed E-state index contributed by atoms with van der Waals surface area (Å²) in [7, 11) is -3.71. The number of halogens is 3. The summed E-state index contributed by atoms with van der Waals surface area (Å²) in [5.41, 5.74) is 6.19. The topological polar surface area (TPSA) is 150 Å². The number of thiophene rings is 1. The van der Waals surface area contributed by atoms with Crippen LogP contribution in [0.4, 0.5) is 13.2 Å². The molecule has 0 bridgehead atoms. The maximum Gasteiger partial charge on any atom is 0.490 e. The number of alkyl halides is 3. The van der Waals surface area contributed by atoms with Crippen molar-refractivity contribution >= 4 is 44.7 Å². The summed E-state index contributed by atoms with van der Waals surface area (Å²) in [6, 6.07) is 8.08. The number of imidazole rings is 1. The van der Waals surface area contributed by atoms with Crippen molar-refractivity contribution < 1.29 is 31.5 Å². The Labute approximate surface area is 182 Å². The van der Waals surface area contributed by atoms with Gasteiger partial charge in [0.1, 0.15) is 11.7 Å². The van der Waals surface area contributed by atoms with Crippen LogP contribution in [0.15, 0.2) is 56.7 Å². The molecule has 1 aromatic carbocycles. The number of aromatic amines is 1. The van der Waals surface area contributed by atoms with Gasteiger partial charge in [0.25, 0.3) is 0 Å². The zero-order valence-corrected chi connectivity index (χ0v) is 18.0. The predicted octanol–water partition coefficient (Wildman–Crippen LogP) is 3.61. The van der Waals surface area contributed by atoms with Gasteiger partial charge in [-0.25, -0.2) is 18.2 Å². The van der Waals surface area contributed by atoms with Gasteiger partial charge in [-0.1, -0.05) is 12.1 Å². The van der Waals surface area contributed by atoms with E-state index in [9.17, 15) is 21.6 Å². The van der Waals surface area contributed by atoms with E-state index < -0.39 is 22.0 Å². The van der Waals surface area contributed by atoms with Gasteiger partial charge in [0, 0.05) is 18.0 Å². The number of amidine groups is 1. The van der Waals surface area contributed by atoms with E-state index in [0.717, 1.165) is 0 Å². The lowest BCUT2D eigenvalue weighted by Gasteiger charge is -2.06. The number of benzene rings is 1. The molecule has 14 heteroatoms. The third-order valence-corrected chi connectivity index (χ3v) is 7.90. The van der Waals surface area contributed by atoms with Gasteiger partial charge in [-0.15, -0.1) is 23.1 Å². The third kappa shape index (κ3) is 5.86. The second kappa shape index (κ2) is 9.53. The van der Waals surface area contributed by atoms with Crippen LogP contribution in [0.1, 0.15) is 4.88 Å². The van der Waals surface area contributed by atoms with E-state index in [2.05, 4.69) is 9.97 Å². The summed E-state index contributed by atoms with van der Waals surface area (Å²) in [5.74, 6) is -2.29. The molecule has 0 aliphatic carbocycles. The molecule has 0 saturated heterocycles. The molecule has 2 heterocycles. The SMILES string of the molecule is CSc1sc(C(=N)N)cc1S(=O)(=O)c1cccc(-c2ncc[nH]2)c1.O=C(O)C(F)(F)F. The summed E-state index contributed by atoms with van der Waals surface area (Å²) in [6.45, 7) is 0. The number of H-pyrrole nitrogens is 1. The number of thioether (sulfide) groups is 1. The molecule has 0 radical (unpaired) electrons. The van der Waals surface area contributed by atoms with Gasteiger partial charge < -0.3 is 15.8 Å². The van der Waals surface area contributed by atoms with Crippen molar-refractivity contribution in [2.24, 2.45) is 5.73 Å². The van der Waals surface area contributed by atoms with Crippen molar-refractivity contribution in [3.63, 3.8) is 0 Å². The number of rotatable bonds is 5. The first-order valence-electron chi connectivity index (χ1n) is 8.05. The lowest BCUT2D eigenvalue weighted by molar-refractivity contribution is -0.192. The number of nitrogens with one attached hydrogen (secondary N) is 2. The van der Waals surface area contributed by atoms with E-state index in [-0.39, 0.29) is 15.6 Å². The number of aliphatic carboxylic acids is 1. The zero-order valence-electron chi connectivity index (χ0n) is 15.6. The highest BCUT2D eigenvalue weighted by Gasteiger charge is 2.38. The Balaban J connectivity index is 0.000000423. The minimum atomic E-state index is -5.08. The van der Waals surface area contributed by atoms with Crippen molar-refractivity contribution in [3.05, 3.63) is 47.6 Å². The Morgan fingerprint density at radius 1 is 1.32 bits per heavy atom. The van der Waals surface area contributed by atoms with Crippen LogP contribution in [-0.2, 0) is 14.6 Å². The minimum absolute atomic E-state index is 0.138. The van der Waals surface area contributed by atoms with Gasteiger partial charge in [-0.05, 0) is 24.5 Å². The molecule has 8 nitrogen and oxygen atoms in total.